The standard InChI is InChI=1S/C13H12N4O2S/c14-9-13-12-3-2-11(8-10(12)4-6-15-13)17-7-1-5-16-20(17,18)19/h2-4,6,8,16H,1,5,7H2. The first-order chi connectivity index (χ1) is 9.62. The van der Waals surface area contributed by atoms with E-state index < -0.39 is 10.2 Å². The highest BCUT2D eigenvalue weighted by molar-refractivity contribution is 7.90. The maximum absolute atomic E-state index is 12.0. The Balaban J connectivity index is 2.12. The minimum absolute atomic E-state index is 0.341. The van der Waals surface area contributed by atoms with Gasteiger partial charge >= 0.3 is 10.2 Å². The maximum atomic E-state index is 12.0. The Bertz CT molecular complexity index is 811. The van der Waals surface area contributed by atoms with Crippen molar-refractivity contribution in [3.05, 3.63) is 36.2 Å². The van der Waals surface area contributed by atoms with E-state index in [-0.39, 0.29) is 0 Å². The molecular weight excluding hydrogens is 276 g/mol. The fourth-order valence-corrected chi connectivity index (χ4v) is 3.62. The highest BCUT2D eigenvalue weighted by Gasteiger charge is 2.25. The van der Waals surface area contributed by atoms with Crippen LogP contribution in [-0.2, 0) is 10.2 Å². The molecule has 0 radical (unpaired) electrons. The number of hydrogen-bond acceptors (Lipinski definition) is 4. The molecule has 1 aliphatic rings. The molecule has 1 aromatic heterocycles. The van der Waals surface area contributed by atoms with Crippen LogP contribution in [0, 0.1) is 11.3 Å². The number of hydrogen-bond donors (Lipinski definition) is 1. The lowest BCUT2D eigenvalue weighted by atomic mass is 10.1. The number of nitriles is 1. The van der Waals surface area contributed by atoms with Crippen LogP contribution in [0.5, 0.6) is 0 Å². The molecule has 20 heavy (non-hydrogen) atoms. The Kier molecular flexibility index (Phi) is 3.04. The number of fused-ring (bicyclic) bond motifs is 1. The predicted octanol–water partition coefficient (Wildman–Crippen LogP) is 1.15. The van der Waals surface area contributed by atoms with Crippen LogP contribution in [-0.4, -0.2) is 26.5 Å². The van der Waals surface area contributed by atoms with Gasteiger partial charge in [-0.1, -0.05) is 0 Å². The molecule has 0 unspecified atom stereocenters. The highest BCUT2D eigenvalue weighted by atomic mass is 32.2. The maximum Gasteiger partial charge on any atom is 0.301 e. The third kappa shape index (κ3) is 2.09. The molecule has 0 amide bonds. The lowest BCUT2D eigenvalue weighted by Crippen LogP contribution is -2.47. The first kappa shape index (κ1) is 12.8. The Morgan fingerprint density at radius 1 is 1.35 bits per heavy atom. The first-order valence-electron chi connectivity index (χ1n) is 6.18. The second-order valence-electron chi connectivity index (χ2n) is 4.50. The fourth-order valence-electron chi connectivity index (χ4n) is 2.30. The SMILES string of the molecule is N#Cc1nccc2cc(N3CCCNS3(=O)=O)ccc12. The van der Waals surface area contributed by atoms with Crippen LogP contribution in [0.1, 0.15) is 12.1 Å². The molecular formula is C13H12N4O2S. The first-order valence-corrected chi connectivity index (χ1v) is 7.62. The summed E-state index contributed by atoms with van der Waals surface area (Å²) in [6, 6.07) is 9.00. The Morgan fingerprint density at radius 2 is 2.20 bits per heavy atom. The molecule has 1 aromatic carbocycles. The lowest BCUT2D eigenvalue weighted by Gasteiger charge is -2.28. The second kappa shape index (κ2) is 4.74. The summed E-state index contributed by atoms with van der Waals surface area (Å²) in [6.45, 7) is 0.923. The van der Waals surface area contributed by atoms with E-state index in [2.05, 4.69) is 9.71 Å². The van der Waals surface area contributed by atoms with Crippen molar-refractivity contribution in [2.24, 2.45) is 0 Å². The summed E-state index contributed by atoms with van der Waals surface area (Å²) < 4.78 is 27.8. The summed E-state index contributed by atoms with van der Waals surface area (Å²) in [5.41, 5.74) is 0.938. The van der Waals surface area contributed by atoms with Gasteiger partial charge < -0.3 is 0 Å². The summed E-state index contributed by atoms with van der Waals surface area (Å²) >= 11 is 0. The van der Waals surface area contributed by atoms with Crippen LogP contribution in [0.2, 0.25) is 0 Å². The zero-order chi connectivity index (χ0) is 14.2. The van der Waals surface area contributed by atoms with Crippen molar-refractivity contribution in [2.45, 2.75) is 6.42 Å². The molecule has 1 N–H and O–H groups in total. The van der Waals surface area contributed by atoms with Crippen molar-refractivity contribution in [1.29, 1.82) is 5.26 Å². The molecule has 0 bridgehead atoms. The zero-order valence-corrected chi connectivity index (χ0v) is 11.4. The van der Waals surface area contributed by atoms with E-state index in [0.717, 1.165) is 17.2 Å². The Morgan fingerprint density at radius 3 is 2.95 bits per heavy atom. The van der Waals surface area contributed by atoms with Crippen molar-refractivity contribution in [3.63, 3.8) is 0 Å². The fraction of sp³-hybridized carbons (Fsp3) is 0.231. The van der Waals surface area contributed by atoms with Crippen molar-refractivity contribution in [1.82, 2.24) is 9.71 Å². The third-order valence-electron chi connectivity index (χ3n) is 3.25. The number of aromatic nitrogens is 1. The molecule has 2 aromatic rings. The van der Waals surface area contributed by atoms with E-state index in [9.17, 15) is 8.42 Å². The number of nitrogens with zero attached hydrogens (tertiary/aromatic N) is 3. The molecule has 2 heterocycles. The van der Waals surface area contributed by atoms with Gasteiger partial charge in [-0.25, -0.2) is 4.98 Å². The van der Waals surface area contributed by atoms with Gasteiger partial charge in [-0.05, 0) is 36.1 Å². The van der Waals surface area contributed by atoms with Crippen LogP contribution < -0.4 is 9.03 Å². The minimum Gasteiger partial charge on any atom is -0.258 e. The molecule has 0 atom stereocenters. The topological polar surface area (TPSA) is 86.1 Å². The van der Waals surface area contributed by atoms with Crippen molar-refractivity contribution in [2.75, 3.05) is 17.4 Å². The molecule has 1 aliphatic heterocycles. The van der Waals surface area contributed by atoms with E-state index in [0.29, 0.717) is 24.5 Å². The van der Waals surface area contributed by atoms with Crippen LogP contribution in [0.4, 0.5) is 5.69 Å². The largest absolute Gasteiger partial charge is 0.301 e. The van der Waals surface area contributed by atoms with Crippen molar-refractivity contribution < 1.29 is 8.42 Å². The van der Waals surface area contributed by atoms with Crippen LogP contribution >= 0.6 is 0 Å². The van der Waals surface area contributed by atoms with Gasteiger partial charge in [0.25, 0.3) is 0 Å². The van der Waals surface area contributed by atoms with Gasteiger partial charge in [-0.3, -0.25) is 4.31 Å². The molecule has 0 spiro atoms. The summed E-state index contributed by atoms with van der Waals surface area (Å²) in [6.07, 6.45) is 2.31. The van der Waals surface area contributed by atoms with Crippen molar-refractivity contribution in [3.8, 4) is 6.07 Å². The lowest BCUT2D eigenvalue weighted by molar-refractivity contribution is 0.560. The van der Waals surface area contributed by atoms with Crippen LogP contribution in [0.15, 0.2) is 30.5 Å². The Hall–Kier alpha value is -2.17. The molecule has 1 saturated heterocycles. The van der Waals surface area contributed by atoms with Crippen LogP contribution in [0.25, 0.3) is 10.8 Å². The molecule has 0 saturated carbocycles. The van der Waals surface area contributed by atoms with E-state index in [1.165, 1.54) is 4.31 Å². The summed E-state index contributed by atoms with van der Waals surface area (Å²) in [5.74, 6) is 0. The Labute approximate surface area is 116 Å². The van der Waals surface area contributed by atoms with Crippen molar-refractivity contribution >= 4 is 26.7 Å². The third-order valence-corrected chi connectivity index (χ3v) is 4.80. The van der Waals surface area contributed by atoms with E-state index in [1.54, 1.807) is 30.5 Å². The molecule has 102 valence electrons. The number of nitrogens with one attached hydrogen (secondary N) is 1. The quantitative estimate of drug-likeness (QED) is 0.853. The molecule has 1 fully saturated rings. The van der Waals surface area contributed by atoms with Gasteiger partial charge in [-0.2, -0.15) is 18.4 Å². The second-order valence-corrected chi connectivity index (χ2v) is 6.18. The molecule has 6 nitrogen and oxygen atoms in total. The molecule has 0 aliphatic carbocycles. The molecule has 7 heteroatoms. The number of rotatable bonds is 1. The number of anilines is 1. The summed E-state index contributed by atoms with van der Waals surface area (Å²) in [4.78, 5) is 3.99. The van der Waals surface area contributed by atoms with E-state index >= 15 is 0 Å². The van der Waals surface area contributed by atoms with Gasteiger partial charge in [0.15, 0.2) is 0 Å². The predicted molar refractivity (Wildman–Crippen MR) is 75.3 cm³/mol. The molecule has 3 rings (SSSR count). The summed E-state index contributed by atoms with van der Waals surface area (Å²) in [5, 5.41) is 10.5. The van der Waals surface area contributed by atoms with Gasteiger partial charge in [0.1, 0.15) is 11.8 Å². The average Bonchev–Trinajstić information content (AvgIpc) is 2.45. The van der Waals surface area contributed by atoms with Gasteiger partial charge in [-0.15, -0.1) is 0 Å². The van der Waals surface area contributed by atoms with Gasteiger partial charge in [0, 0.05) is 24.7 Å². The normalized spacial score (nSPS) is 17.9. The van der Waals surface area contributed by atoms with E-state index in [1.807, 2.05) is 6.07 Å². The van der Waals surface area contributed by atoms with Gasteiger partial charge in [0.2, 0.25) is 0 Å². The monoisotopic (exact) mass is 288 g/mol. The number of benzene rings is 1. The smallest absolute Gasteiger partial charge is 0.258 e. The zero-order valence-electron chi connectivity index (χ0n) is 10.6. The van der Waals surface area contributed by atoms with Gasteiger partial charge in [0.05, 0.1) is 5.69 Å². The highest BCUT2D eigenvalue weighted by Crippen LogP contribution is 2.26. The minimum atomic E-state index is -3.46. The average molecular weight is 288 g/mol. The van der Waals surface area contributed by atoms with E-state index in [4.69, 9.17) is 5.26 Å². The summed E-state index contributed by atoms with van der Waals surface area (Å²) in [7, 11) is -3.46. The number of pyridine rings is 1. The van der Waals surface area contributed by atoms with Crippen LogP contribution in [0.3, 0.4) is 0 Å².